The van der Waals surface area contributed by atoms with E-state index in [1.165, 1.54) is 24.2 Å². The fourth-order valence-corrected chi connectivity index (χ4v) is 3.03. The first-order chi connectivity index (χ1) is 8.06. The van der Waals surface area contributed by atoms with Crippen molar-refractivity contribution in [3.05, 3.63) is 0 Å². The molecule has 4 heteroatoms. The number of carbonyl (C=O) groups is 2. The van der Waals surface area contributed by atoms with Crippen LogP contribution in [0, 0.1) is 0 Å². The number of nitrogens with one attached hydrogen (secondary N) is 1. The van der Waals surface area contributed by atoms with Gasteiger partial charge in [-0.25, -0.2) is 0 Å². The molecule has 1 aliphatic carbocycles. The van der Waals surface area contributed by atoms with Crippen molar-refractivity contribution < 1.29 is 9.59 Å². The Balaban J connectivity index is 2.00. The van der Waals surface area contributed by atoms with E-state index in [-0.39, 0.29) is 23.4 Å². The molecule has 0 radical (unpaired) electrons. The Morgan fingerprint density at radius 1 is 1.29 bits per heavy atom. The average molecular weight is 238 g/mol. The van der Waals surface area contributed by atoms with Crippen molar-refractivity contribution in [2.75, 3.05) is 6.54 Å². The Kier molecular flexibility index (Phi) is 3.52. The number of imide groups is 1. The zero-order valence-electron chi connectivity index (χ0n) is 10.8. The highest BCUT2D eigenvalue weighted by Gasteiger charge is 2.41. The number of likely N-dealkylation sites (N-methyl/N-ethyl adjacent to an activating group) is 1. The van der Waals surface area contributed by atoms with Gasteiger partial charge in [0.05, 0.1) is 12.5 Å². The second-order valence-corrected chi connectivity index (χ2v) is 5.50. The summed E-state index contributed by atoms with van der Waals surface area (Å²) in [6.07, 6.45) is 6.28. The number of rotatable bonds is 3. The monoisotopic (exact) mass is 238 g/mol. The summed E-state index contributed by atoms with van der Waals surface area (Å²) in [5.74, 6) is -0.0706. The molecule has 2 fully saturated rings. The lowest BCUT2D eigenvalue weighted by molar-refractivity contribution is -0.138. The fourth-order valence-electron chi connectivity index (χ4n) is 3.03. The van der Waals surface area contributed by atoms with Gasteiger partial charge in [-0.15, -0.1) is 0 Å². The largest absolute Gasteiger partial charge is 0.300 e. The number of hydrogen-bond donors (Lipinski definition) is 1. The van der Waals surface area contributed by atoms with Crippen molar-refractivity contribution in [3.63, 3.8) is 0 Å². The van der Waals surface area contributed by atoms with E-state index in [2.05, 4.69) is 12.2 Å². The summed E-state index contributed by atoms with van der Waals surface area (Å²) >= 11 is 0. The Bertz CT molecular complexity index is 321. The van der Waals surface area contributed by atoms with Gasteiger partial charge in [-0.2, -0.15) is 0 Å². The molecule has 1 saturated carbocycles. The molecule has 1 unspecified atom stereocenters. The predicted molar refractivity (Wildman–Crippen MR) is 65.4 cm³/mol. The molecule has 2 amide bonds. The van der Waals surface area contributed by atoms with Gasteiger partial charge in [-0.3, -0.25) is 14.5 Å². The van der Waals surface area contributed by atoms with Crippen LogP contribution in [0.5, 0.6) is 0 Å². The van der Waals surface area contributed by atoms with E-state index in [0.717, 1.165) is 12.8 Å². The Morgan fingerprint density at radius 2 is 1.94 bits per heavy atom. The molecule has 0 bridgehead atoms. The minimum absolute atomic E-state index is 0.0330. The van der Waals surface area contributed by atoms with Gasteiger partial charge in [0.1, 0.15) is 0 Å². The van der Waals surface area contributed by atoms with Crippen LogP contribution < -0.4 is 5.32 Å². The number of likely N-dealkylation sites (tertiary alicyclic amines) is 1. The molecule has 4 nitrogen and oxygen atoms in total. The number of carbonyl (C=O) groups excluding carboxylic acids is 2. The van der Waals surface area contributed by atoms with E-state index in [0.29, 0.717) is 13.0 Å². The molecule has 1 aliphatic heterocycles. The van der Waals surface area contributed by atoms with Gasteiger partial charge in [0.15, 0.2) is 0 Å². The number of amides is 2. The summed E-state index contributed by atoms with van der Waals surface area (Å²) in [7, 11) is 0. The van der Waals surface area contributed by atoms with Crippen LogP contribution >= 0.6 is 0 Å². The van der Waals surface area contributed by atoms with Crippen molar-refractivity contribution in [1.82, 2.24) is 10.2 Å². The lowest BCUT2D eigenvalue weighted by Crippen LogP contribution is -2.52. The molecule has 17 heavy (non-hydrogen) atoms. The van der Waals surface area contributed by atoms with E-state index >= 15 is 0 Å². The maximum atomic E-state index is 12.0. The highest BCUT2D eigenvalue weighted by atomic mass is 16.2. The molecular formula is C13H22N2O2. The highest BCUT2D eigenvalue weighted by Crippen LogP contribution is 2.29. The standard InChI is InChI=1S/C13H22N2O2/c1-3-15-11(16)9-10(12(15)17)14-13(2)7-5-4-6-8-13/h10,14H,3-9H2,1-2H3. The maximum Gasteiger partial charge on any atom is 0.246 e. The van der Waals surface area contributed by atoms with E-state index in [4.69, 9.17) is 0 Å². The van der Waals surface area contributed by atoms with Gasteiger partial charge in [0.25, 0.3) is 0 Å². The molecular weight excluding hydrogens is 216 g/mol. The van der Waals surface area contributed by atoms with Crippen LogP contribution in [0.2, 0.25) is 0 Å². The van der Waals surface area contributed by atoms with Crippen molar-refractivity contribution >= 4 is 11.8 Å². The Hall–Kier alpha value is -0.900. The fraction of sp³-hybridized carbons (Fsp3) is 0.846. The summed E-state index contributed by atoms with van der Waals surface area (Å²) in [4.78, 5) is 25.0. The summed E-state index contributed by atoms with van der Waals surface area (Å²) in [6, 6.07) is -0.287. The topological polar surface area (TPSA) is 49.4 Å². The molecule has 0 aromatic heterocycles. The van der Waals surface area contributed by atoms with Gasteiger partial charge < -0.3 is 5.32 Å². The SMILES string of the molecule is CCN1C(=O)CC(NC2(C)CCCCC2)C1=O. The first-order valence-corrected chi connectivity index (χ1v) is 6.68. The zero-order valence-corrected chi connectivity index (χ0v) is 10.8. The minimum atomic E-state index is -0.287. The molecule has 0 aromatic carbocycles. The van der Waals surface area contributed by atoms with E-state index < -0.39 is 0 Å². The van der Waals surface area contributed by atoms with Crippen LogP contribution in [-0.2, 0) is 9.59 Å². The smallest absolute Gasteiger partial charge is 0.246 e. The maximum absolute atomic E-state index is 12.0. The van der Waals surface area contributed by atoms with E-state index in [1.54, 1.807) is 0 Å². The van der Waals surface area contributed by atoms with Crippen LogP contribution in [0.15, 0.2) is 0 Å². The van der Waals surface area contributed by atoms with Crippen LogP contribution in [-0.4, -0.2) is 34.8 Å². The van der Waals surface area contributed by atoms with Gasteiger partial charge >= 0.3 is 0 Å². The van der Waals surface area contributed by atoms with Crippen LogP contribution in [0.25, 0.3) is 0 Å². The van der Waals surface area contributed by atoms with Crippen LogP contribution in [0.4, 0.5) is 0 Å². The molecule has 0 spiro atoms. The summed E-state index contributed by atoms with van der Waals surface area (Å²) in [6.45, 7) is 4.52. The molecule has 0 aromatic rings. The molecule has 1 saturated heterocycles. The summed E-state index contributed by atoms with van der Waals surface area (Å²) in [5.41, 5.74) is 0.0443. The summed E-state index contributed by atoms with van der Waals surface area (Å²) < 4.78 is 0. The van der Waals surface area contributed by atoms with E-state index in [9.17, 15) is 9.59 Å². The first-order valence-electron chi connectivity index (χ1n) is 6.68. The van der Waals surface area contributed by atoms with Crippen molar-refractivity contribution in [1.29, 1.82) is 0 Å². The minimum Gasteiger partial charge on any atom is -0.300 e. The van der Waals surface area contributed by atoms with Gasteiger partial charge in [0, 0.05) is 12.1 Å². The van der Waals surface area contributed by atoms with Crippen molar-refractivity contribution in [2.24, 2.45) is 0 Å². The van der Waals surface area contributed by atoms with Gasteiger partial charge in [0.2, 0.25) is 11.8 Å². The molecule has 96 valence electrons. The van der Waals surface area contributed by atoms with Gasteiger partial charge in [-0.1, -0.05) is 19.3 Å². The zero-order chi connectivity index (χ0) is 12.5. The average Bonchev–Trinajstić information content (AvgIpc) is 2.54. The van der Waals surface area contributed by atoms with Crippen molar-refractivity contribution in [3.8, 4) is 0 Å². The lowest BCUT2D eigenvalue weighted by Gasteiger charge is -2.36. The molecule has 1 heterocycles. The quantitative estimate of drug-likeness (QED) is 0.757. The third-order valence-electron chi connectivity index (χ3n) is 4.04. The van der Waals surface area contributed by atoms with Gasteiger partial charge in [-0.05, 0) is 26.7 Å². The number of nitrogens with zero attached hydrogens (tertiary/aromatic N) is 1. The highest BCUT2D eigenvalue weighted by molar-refractivity contribution is 6.05. The Morgan fingerprint density at radius 3 is 2.47 bits per heavy atom. The molecule has 2 aliphatic rings. The summed E-state index contributed by atoms with van der Waals surface area (Å²) in [5, 5.41) is 3.43. The Labute approximate surface area is 103 Å². The third kappa shape index (κ3) is 2.51. The number of hydrogen-bond acceptors (Lipinski definition) is 3. The molecule has 1 N–H and O–H groups in total. The normalized spacial score (nSPS) is 28.8. The first kappa shape index (κ1) is 12.6. The second kappa shape index (κ2) is 4.77. The molecule has 1 atom stereocenters. The van der Waals surface area contributed by atoms with Crippen LogP contribution in [0.3, 0.4) is 0 Å². The second-order valence-electron chi connectivity index (χ2n) is 5.50. The lowest BCUT2D eigenvalue weighted by atomic mass is 9.82. The third-order valence-corrected chi connectivity index (χ3v) is 4.04. The predicted octanol–water partition coefficient (Wildman–Crippen LogP) is 1.45. The van der Waals surface area contributed by atoms with Crippen LogP contribution in [0.1, 0.15) is 52.4 Å². The van der Waals surface area contributed by atoms with E-state index in [1.807, 2.05) is 6.92 Å². The van der Waals surface area contributed by atoms with Crippen molar-refractivity contribution in [2.45, 2.75) is 64.0 Å². The molecule has 2 rings (SSSR count).